The van der Waals surface area contributed by atoms with Gasteiger partial charge in [0.25, 0.3) is 0 Å². The zero-order chi connectivity index (χ0) is 64.6. The SMILES string of the molecule is Cc1c(-c2ccccc2)cc2c(c1-c1c(C)c(-c3ccccc3)cc3c1CCCC3)CCCC2.c1ccc(OP(Oc2ccccc2)c2c(-c3ccccc3)cc3c(c2-c2c4c(cc(-c5ccccc5)c2P(Oc2ccccc2)Oc2ccccc2)CCCC4)CCCC3)cc1. The van der Waals surface area contributed by atoms with E-state index < -0.39 is 16.8 Å². The standard InChI is InChI=1S/C56H48O4P2.C34H34/c1-7-23-41(24-8-1)51-39-43-27-19-21-37-49(43)53(55(51)61(57-45-29-11-3-12-30-45)58-46-31-13-4-14-32-46)54-50-38-22-20-28-44(50)40-52(42-25-9-2-10-26-42)56(54)62(59-47-33-15-5-16-34-47)60-48-35-17-6-18-36-48;1-23-31(25-13-5-3-6-14-25)21-27-17-9-11-19-29(27)33(23)34-24(2)32(26-15-7-4-8-16-26)22-28-18-10-12-20-30(28)34/h1-18,23-26,29-36,39-40H,19-22,27-28,37-38H2;3-8,13-16,21-22H,9-12,17-20H2,1-2H3. The average Bonchev–Trinajstić information content (AvgIpc) is 0.726. The molecule has 0 N–H and O–H groups in total. The Morgan fingerprint density at radius 3 is 0.698 bits per heavy atom. The third-order valence-electron chi connectivity index (χ3n) is 20.0. The van der Waals surface area contributed by atoms with Crippen molar-refractivity contribution >= 4 is 27.4 Å². The first-order valence-corrected chi connectivity index (χ1v) is 37.3. The Morgan fingerprint density at radius 1 is 0.229 bits per heavy atom. The molecular formula is C90H82O4P2. The molecule has 16 rings (SSSR count). The predicted molar refractivity (Wildman–Crippen MR) is 403 cm³/mol. The predicted octanol–water partition coefficient (Wildman–Crippen LogP) is 23.7. The Balaban J connectivity index is 0.000000187. The Bertz CT molecular complexity index is 4260. The molecule has 6 heteroatoms. The van der Waals surface area contributed by atoms with Crippen molar-refractivity contribution in [2.45, 2.75) is 117 Å². The Kier molecular flexibility index (Phi) is 19.2. The lowest BCUT2D eigenvalue weighted by atomic mass is 9.74. The number of para-hydroxylation sites is 4. The number of fused-ring (bicyclic) bond motifs is 4. The third-order valence-corrected chi connectivity index (χ3v) is 23.2. The van der Waals surface area contributed by atoms with Crippen molar-refractivity contribution in [3.8, 4) is 89.8 Å². The van der Waals surface area contributed by atoms with Gasteiger partial charge in [0.2, 0.25) is 0 Å². The van der Waals surface area contributed by atoms with Gasteiger partial charge < -0.3 is 18.1 Å². The zero-order valence-electron chi connectivity index (χ0n) is 55.2. The molecule has 0 bridgehead atoms. The van der Waals surface area contributed by atoms with Gasteiger partial charge in [0, 0.05) is 11.1 Å². The maximum atomic E-state index is 7.26. The van der Waals surface area contributed by atoms with Gasteiger partial charge in [0.1, 0.15) is 23.0 Å². The molecule has 0 atom stereocenters. The first-order chi connectivity index (χ1) is 47.5. The maximum Gasteiger partial charge on any atom is 0.327 e. The molecule has 4 aliphatic carbocycles. The molecule has 0 saturated carbocycles. The molecule has 0 aliphatic heterocycles. The van der Waals surface area contributed by atoms with Gasteiger partial charge in [-0.2, -0.15) is 0 Å². The van der Waals surface area contributed by atoms with Gasteiger partial charge >= 0.3 is 16.8 Å². The molecule has 0 fully saturated rings. The van der Waals surface area contributed by atoms with Crippen LogP contribution in [0.3, 0.4) is 0 Å². The van der Waals surface area contributed by atoms with Crippen molar-refractivity contribution in [3.63, 3.8) is 0 Å². The smallest absolute Gasteiger partial charge is 0.327 e. The number of hydrogen-bond donors (Lipinski definition) is 0. The molecule has 4 nitrogen and oxygen atoms in total. The van der Waals surface area contributed by atoms with E-state index in [1.165, 1.54) is 118 Å². The van der Waals surface area contributed by atoms with Crippen LogP contribution in [0, 0.1) is 13.8 Å². The lowest BCUT2D eigenvalue weighted by molar-refractivity contribution is 0.501. The van der Waals surface area contributed by atoms with Crippen LogP contribution >= 0.6 is 16.8 Å². The molecule has 96 heavy (non-hydrogen) atoms. The Labute approximate surface area is 570 Å². The highest BCUT2D eigenvalue weighted by Crippen LogP contribution is 2.54. The molecular weight excluding hydrogens is 1210 g/mol. The van der Waals surface area contributed by atoms with Crippen LogP contribution in [0.5, 0.6) is 23.0 Å². The van der Waals surface area contributed by atoms with E-state index in [0.717, 1.165) is 107 Å². The van der Waals surface area contributed by atoms with Crippen LogP contribution in [-0.2, 0) is 51.4 Å². The van der Waals surface area contributed by atoms with Crippen molar-refractivity contribution < 1.29 is 18.1 Å². The summed E-state index contributed by atoms with van der Waals surface area (Å²) in [6.07, 6.45) is 18.5. The second kappa shape index (κ2) is 29.4. The van der Waals surface area contributed by atoms with E-state index in [4.69, 9.17) is 18.1 Å². The Hall–Kier alpha value is -9.30. The van der Waals surface area contributed by atoms with Crippen molar-refractivity contribution in [1.29, 1.82) is 0 Å². The van der Waals surface area contributed by atoms with E-state index in [9.17, 15) is 0 Å². The Morgan fingerprint density at radius 2 is 0.438 bits per heavy atom. The molecule has 12 aromatic rings. The maximum absolute atomic E-state index is 7.26. The molecule has 12 aromatic carbocycles. The molecule has 0 amide bonds. The molecule has 0 aromatic heterocycles. The summed E-state index contributed by atoms with van der Waals surface area (Å²) >= 11 is 0. The van der Waals surface area contributed by atoms with E-state index >= 15 is 0 Å². The van der Waals surface area contributed by atoms with E-state index in [1.54, 1.807) is 33.4 Å². The monoisotopic (exact) mass is 1290 g/mol. The summed E-state index contributed by atoms with van der Waals surface area (Å²) in [4.78, 5) is 0. The van der Waals surface area contributed by atoms with Crippen LogP contribution < -0.4 is 28.7 Å². The largest absolute Gasteiger partial charge is 0.435 e. The first-order valence-electron chi connectivity index (χ1n) is 34.9. The highest BCUT2D eigenvalue weighted by Gasteiger charge is 2.39. The van der Waals surface area contributed by atoms with Gasteiger partial charge in [-0.15, -0.1) is 0 Å². The lowest BCUT2D eigenvalue weighted by Crippen LogP contribution is -2.27. The topological polar surface area (TPSA) is 36.9 Å². The fourth-order valence-corrected chi connectivity index (χ4v) is 18.8. The lowest BCUT2D eigenvalue weighted by Gasteiger charge is -2.34. The number of hydrogen-bond acceptors (Lipinski definition) is 4. The number of aryl methyl sites for hydroxylation is 4. The fourth-order valence-electron chi connectivity index (χ4n) is 15.5. The van der Waals surface area contributed by atoms with Crippen LogP contribution in [0.15, 0.2) is 267 Å². The van der Waals surface area contributed by atoms with Gasteiger partial charge in [-0.05, 0) is 289 Å². The van der Waals surface area contributed by atoms with Crippen LogP contribution in [-0.4, -0.2) is 0 Å². The third kappa shape index (κ3) is 13.4. The number of benzene rings is 12. The van der Waals surface area contributed by atoms with Crippen LogP contribution in [0.25, 0.3) is 66.8 Å². The summed E-state index contributed by atoms with van der Waals surface area (Å²) in [5, 5.41) is 2.15. The van der Waals surface area contributed by atoms with Crippen LogP contribution in [0.1, 0.15) is 107 Å². The zero-order valence-corrected chi connectivity index (χ0v) is 57.0. The van der Waals surface area contributed by atoms with Crippen LogP contribution in [0.4, 0.5) is 0 Å². The summed E-state index contributed by atoms with van der Waals surface area (Å²) in [6.45, 7) is 4.77. The minimum atomic E-state index is -1.79. The molecule has 0 unspecified atom stereocenters. The summed E-state index contributed by atoms with van der Waals surface area (Å²) in [7, 11) is -3.58. The highest BCUT2D eigenvalue weighted by atomic mass is 31.2. The second-order valence-corrected chi connectivity index (χ2v) is 28.8. The van der Waals surface area contributed by atoms with Gasteiger partial charge in [-0.3, -0.25) is 0 Å². The average molecular weight is 1290 g/mol. The molecule has 0 radical (unpaired) electrons. The van der Waals surface area contributed by atoms with E-state index in [2.05, 4.69) is 159 Å². The quantitative estimate of drug-likeness (QED) is 0.0904. The summed E-state index contributed by atoms with van der Waals surface area (Å²) < 4.78 is 29.0. The second-order valence-electron chi connectivity index (χ2n) is 26.1. The van der Waals surface area contributed by atoms with E-state index in [1.807, 2.05) is 121 Å². The van der Waals surface area contributed by atoms with Crippen molar-refractivity contribution in [2.24, 2.45) is 0 Å². The minimum absolute atomic E-state index is 0.764. The first kappa shape index (κ1) is 62.8. The summed E-state index contributed by atoms with van der Waals surface area (Å²) in [6, 6.07) is 94.4. The summed E-state index contributed by atoms with van der Waals surface area (Å²) in [5.74, 6) is 3.05. The van der Waals surface area contributed by atoms with Crippen LogP contribution in [0.2, 0.25) is 0 Å². The number of rotatable bonds is 16. The van der Waals surface area contributed by atoms with Gasteiger partial charge in [-0.25, -0.2) is 0 Å². The minimum Gasteiger partial charge on any atom is -0.435 e. The van der Waals surface area contributed by atoms with E-state index in [-0.39, 0.29) is 0 Å². The molecule has 0 spiro atoms. The van der Waals surface area contributed by atoms with Crippen molar-refractivity contribution in [1.82, 2.24) is 0 Å². The van der Waals surface area contributed by atoms with Gasteiger partial charge in [-0.1, -0.05) is 206 Å². The molecule has 0 saturated heterocycles. The van der Waals surface area contributed by atoms with E-state index in [0.29, 0.717) is 0 Å². The van der Waals surface area contributed by atoms with Gasteiger partial charge in [0.15, 0.2) is 0 Å². The normalized spacial score (nSPS) is 13.9. The van der Waals surface area contributed by atoms with Crippen molar-refractivity contribution in [3.05, 3.63) is 323 Å². The summed E-state index contributed by atoms with van der Waals surface area (Å²) in [5.41, 5.74) is 30.5. The molecule has 476 valence electrons. The molecule has 4 aliphatic rings. The fraction of sp³-hybridized carbons (Fsp3) is 0.200. The van der Waals surface area contributed by atoms with Crippen molar-refractivity contribution in [2.75, 3.05) is 0 Å². The van der Waals surface area contributed by atoms with Gasteiger partial charge in [0.05, 0.1) is 10.6 Å². The highest BCUT2D eigenvalue weighted by molar-refractivity contribution is 7.58. The molecule has 0 heterocycles.